The number of halogens is 3. The lowest BCUT2D eigenvalue weighted by atomic mass is 10.1. The number of benzene rings is 1. The largest absolute Gasteiger partial charge is 0.495 e. The number of rotatable bonds is 4. The molecule has 0 amide bonds. The number of alkyl halides is 3. The zero-order chi connectivity index (χ0) is 22.3. The summed E-state index contributed by atoms with van der Waals surface area (Å²) in [6.45, 7) is 2.39. The van der Waals surface area contributed by atoms with Crippen molar-refractivity contribution in [1.29, 1.82) is 0 Å². The number of methoxy groups -OCH3 is 1. The molecule has 1 N–H and O–H groups in total. The van der Waals surface area contributed by atoms with E-state index in [1.807, 2.05) is 6.92 Å². The van der Waals surface area contributed by atoms with E-state index >= 15 is 0 Å². The maximum Gasteiger partial charge on any atom is 0.417 e. The molecule has 0 aliphatic carbocycles. The average molecular weight is 447 g/mol. The van der Waals surface area contributed by atoms with E-state index in [1.54, 1.807) is 35.1 Å². The number of hydrogen-bond donors (Lipinski definition) is 1. The first-order valence-corrected chi connectivity index (χ1v) is 9.59. The molecule has 3 aromatic heterocycles. The van der Waals surface area contributed by atoms with Gasteiger partial charge in [0.05, 0.1) is 35.6 Å². The molecule has 7 nitrogen and oxygen atoms in total. The molecule has 0 aliphatic heterocycles. The fraction of sp³-hybridized carbons (Fsp3) is 0.200. The van der Waals surface area contributed by atoms with Gasteiger partial charge in [0.25, 0.3) is 5.56 Å². The van der Waals surface area contributed by atoms with Crippen LogP contribution in [0.25, 0.3) is 28.0 Å². The Kier molecular flexibility index (Phi) is 5.13. The Morgan fingerprint density at radius 1 is 1.26 bits per heavy atom. The van der Waals surface area contributed by atoms with Crippen LogP contribution in [0.15, 0.2) is 47.5 Å². The van der Waals surface area contributed by atoms with Gasteiger partial charge in [-0.1, -0.05) is 12.1 Å². The summed E-state index contributed by atoms with van der Waals surface area (Å²) >= 11 is 5.29. The normalized spacial score (nSPS) is 11.8. The number of nitrogens with zero attached hydrogens (tertiary/aromatic N) is 4. The summed E-state index contributed by atoms with van der Waals surface area (Å²) in [4.78, 5) is 19.3. The molecule has 4 aromatic rings. The minimum absolute atomic E-state index is 0.0168. The number of aromatic amines is 1. The van der Waals surface area contributed by atoms with Gasteiger partial charge in [0.15, 0.2) is 10.4 Å². The van der Waals surface area contributed by atoms with Gasteiger partial charge < -0.3 is 4.74 Å². The zero-order valence-electron chi connectivity index (χ0n) is 16.4. The highest BCUT2D eigenvalue weighted by Crippen LogP contribution is 2.36. The van der Waals surface area contributed by atoms with Gasteiger partial charge in [-0.15, -0.1) is 0 Å². The summed E-state index contributed by atoms with van der Waals surface area (Å²) in [7, 11) is 1.43. The lowest BCUT2D eigenvalue weighted by molar-refractivity contribution is -0.136. The molecule has 0 bridgehead atoms. The van der Waals surface area contributed by atoms with Crippen LogP contribution in [-0.4, -0.2) is 31.4 Å². The Morgan fingerprint density at radius 2 is 2.00 bits per heavy atom. The topological polar surface area (TPSA) is 77.7 Å². The van der Waals surface area contributed by atoms with Crippen molar-refractivity contribution in [3.8, 4) is 22.7 Å². The first-order valence-electron chi connectivity index (χ1n) is 9.18. The molecule has 0 fully saturated rings. The van der Waals surface area contributed by atoms with Gasteiger partial charge in [-0.2, -0.15) is 18.3 Å². The number of H-pyrrole nitrogens is 1. The number of pyridine rings is 1. The van der Waals surface area contributed by atoms with Crippen LogP contribution in [0.5, 0.6) is 5.75 Å². The number of para-hydroxylation sites is 2. The molecule has 0 aliphatic rings. The van der Waals surface area contributed by atoms with E-state index in [0.717, 1.165) is 6.07 Å². The van der Waals surface area contributed by atoms with Crippen molar-refractivity contribution in [2.24, 2.45) is 0 Å². The van der Waals surface area contributed by atoms with Crippen LogP contribution >= 0.6 is 12.2 Å². The van der Waals surface area contributed by atoms with E-state index in [0.29, 0.717) is 23.5 Å². The highest BCUT2D eigenvalue weighted by atomic mass is 32.1. The number of ether oxygens (including phenoxy) is 1. The van der Waals surface area contributed by atoms with Crippen LogP contribution in [0, 0.1) is 4.77 Å². The van der Waals surface area contributed by atoms with Crippen LogP contribution in [0.2, 0.25) is 0 Å². The van der Waals surface area contributed by atoms with Crippen molar-refractivity contribution in [2.75, 3.05) is 7.11 Å². The Morgan fingerprint density at radius 3 is 2.65 bits per heavy atom. The van der Waals surface area contributed by atoms with Gasteiger partial charge in [0.2, 0.25) is 0 Å². The summed E-state index contributed by atoms with van der Waals surface area (Å²) in [5.41, 5.74) is -1.57. The fourth-order valence-corrected chi connectivity index (χ4v) is 3.58. The Bertz CT molecular complexity index is 1400. The summed E-state index contributed by atoms with van der Waals surface area (Å²) in [6.07, 6.45) is -1.79. The first-order chi connectivity index (χ1) is 14.7. The maximum atomic E-state index is 14.0. The van der Waals surface area contributed by atoms with Gasteiger partial charge in [-0.3, -0.25) is 19.0 Å². The summed E-state index contributed by atoms with van der Waals surface area (Å²) < 4.78 is 50.0. The number of aromatic nitrogens is 5. The van der Waals surface area contributed by atoms with E-state index in [-0.39, 0.29) is 16.1 Å². The van der Waals surface area contributed by atoms with E-state index in [1.165, 1.54) is 17.9 Å². The van der Waals surface area contributed by atoms with Crippen LogP contribution < -0.4 is 10.3 Å². The van der Waals surface area contributed by atoms with Crippen LogP contribution in [0.1, 0.15) is 12.5 Å². The van der Waals surface area contributed by atoms with E-state index in [4.69, 9.17) is 17.0 Å². The average Bonchev–Trinajstić information content (AvgIpc) is 3.22. The van der Waals surface area contributed by atoms with Gasteiger partial charge in [0, 0.05) is 18.3 Å². The maximum absolute atomic E-state index is 14.0. The molecule has 160 valence electrons. The third-order valence-corrected chi connectivity index (χ3v) is 5.03. The molecule has 31 heavy (non-hydrogen) atoms. The molecular formula is C20H16F3N5O2S. The minimum Gasteiger partial charge on any atom is -0.495 e. The van der Waals surface area contributed by atoms with Gasteiger partial charge in [-0.25, -0.2) is 4.98 Å². The van der Waals surface area contributed by atoms with Crippen molar-refractivity contribution in [1.82, 2.24) is 24.3 Å². The molecule has 1 aromatic carbocycles. The summed E-state index contributed by atoms with van der Waals surface area (Å²) in [5, 5.41) is 3.49. The third kappa shape index (κ3) is 3.61. The van der Waals surface area contributed by atoms with E-state index in [9.17, 15) is 18.0 Å². The molecule has 0 saturated carbocycles. The van der Waals surface area contributed by atoms with Crippen LogP contribution in [0.4, 0.5) is 13.2 Å². The summed E-state index contributed by atoms with van der Waals surface area (Å²) in [5.74, 6) is 0.353. The molecule has 0 saturated heterocycles. The second kappa shape index (κ2) is 7.65. The molecular weight excluding hydrogens is 431 g/mol. The molecule has 0 spiro atoms. The second-order valence-corrected chi connectivity index (χ2v) is 6.99. The smallest absolute Gasteiger partial charge is 0.417 e. The Balaban J connectivity index is 2.18. The Hall–Kier alpha value is -3.47. The quantitative estimate of drug-likeness (QED) is 0.471. The van der Waals surface area contributed by atoms with Gasteiger partial charge >= 0.3 is 6.18 Å². The monoisotopic (exact) mass is 447 g/mol. The molecule has 0 unspecified atom stereocenters. The van der Waals surface area contributed by atoms with Crippen LogP contribution in [0.3, 0.4) is 0 Å². The van der Waals surface area contributed by atoms with E-state index in [2.05, 4.69) is 15.1 Å². The van der Waals surface area contributed by atoms with Crippen molar-refractivity contribution < 1.29 is 17.9 Å². The third-order valence-electron chi connectivity index (χ3n) is 4.75. The van der Waals surface area contributed by atoms with Crippen LogP contribution in [-0.2, 0) is 12.7 Å². The SMILES string of the molecule is CCn1cc(-c2cc(C(F)(F)F)c3c(=O)[nH]c(=S)n(-c4ccccc4OC)c3n2)cn1. The molecule has 11 heteroatoms. The summed E-state index contributed by atoms with van der Waals surface area (Å²) in [6, 6.07) is 7.48. The lowest BCUT2D eigenvalue weighted by Gasteiger charge is -2.17. The Labute approximate surface area is 178 Å². The fourth-order valence-electron chi connectivity index (χ4n) is 3.31. The van der Waals surface area contributed by atoms with Crippen molar-refractivity contribution in [2.45, 2.75) is 19.6 Å². The highest BCUT2D eigenvalue weighted by molar-refractivity contribution is 7.71. The standard InChI is InChI=1S/C20H16F3N5O2S/c1-3-27-10-11(9-24-27)13-8-12(20(21,22)23)16-17(25-13)28(19(31)26-18(16)29)14-6-4-5-7-15(14)30-2/h4-10H,3H2,1-2H3,(H,26,29,31). The molecule has 3 heterocycles. The number of aryl methyl sites for hydroxylation is 1. The van der Waals surface area contributed by atoms with Gasteiger partial charge in [-0.05, 0) is 37.3 Å². The van der Waals surface area contributed by atoms with Gasteiger partial charge in [0.1, 0.15) is 5.75 Å². The number of nitrogens with one attached hydrogen (secondary N) is 1. The highest BCUT2D eigenvalue weighted by Gasteiger charge is 2.36. The number of hydrogen-bond acceptors (Lipinski definition) is 5. The minimum atomic E-state index is -4.80. The predicted molar refractivity (Wildman–Crippen MR) is 111 cm³/mol. The molecule has 0 atom stereocenters. The molecule has 0 radical (unpaired) electrons. The zero-order valence-corrected chi connectivity index (χ0v) is 17.2. The second-order valence-electron chi connectivity index (χ2n) is 6.60. The van der Waals surface area contributed by atoms with E-state index < -0.39 is 22.7 Å². The van der Waals surface area contributed by atoms with Crippen molar-refractivity contribution in [3.05, 3.63) is 63.4 Å². The lowest BCUT2D eigenvalue weighted by Crippen LogP contribution is -2.20. The van der Waals surface area contributed by atoms with Crippen molar-refractivity contribution in [3.63, 3.8) is 0 Å². The first kappa shape index (κ1) is 20.8. The predicted octanol–water partition coefficient (Wildman–Crippen LogP) is 4.35. The number of fused-ring (bicyclic) bond motifs is 1. The van der Waals surface area contributed by atoms with Crippen molar-refractivity contribution >= 4 is 23.3 Å². The molecule has 4 rings (SSSR count).